The van der Waals surface area contributed by atoms with Crippen LogP contribution in [-0.2, 0) is 19.6 Å². The van der Waals surface area contributed by atoms with E-state index in [1.54, 1.807) is 6.92 Å². The number of unbranched alkanes of at least 4 members (excludes halogenated alkanes) is 2. The van der Waals surface area contributed by atoms with E-state index in [1.165, 1.54) is 0 Å². The third kappa shape index (κ3) is 9.42. The van der Waals surface area contributed by atoms with E-state index < -0.39 is 16.1 Å². The van der Waals surface area contributed by atoms with Crippen molar-refractivity contribution >= 4 is 16.1 Å². The molecule has 0 fully saturated rings. The average Bonchev–Trinajstić information content (AvgIpc) is 2.08. The van der Waals surface area contributed by atoms with E-state index in [9.17, 15) is 17.8 Å². The summed E-state index contributed by atoms with van der Waals surface area (Å²) in [5, 5.41) is 0. The topological polar surface area (TPSA) is 83.5 Å². The fraction of sp³-hybridized carbons (Fsp3) is 0.667. The van der Waals surface area contributed by atoms with Crippen LogP contribution in [0, 0.1) is 0 Å². The van der Waals surface area contributed by atoms with Crippen LogP contribution in [0.2, 0.25) is 0 Å². The molecule has 0 aliphatic heterocycles. The molecule has 0 aromatic rings. The Morgan fingerprint density at radius 1 is 1.33 bits per heavy atom. The lowest BCUT2D eigenvalue weighted by Crippen LogP contribution is -2.07. The summed E-state index contributed by atoms with van der Waals surface area (Å²) in [4.78, 5) is 10.9. The van der Waals surface area contributed by atoms with Crippen molar-refractivity contribution in [2.75, 3.05) is 12.4 Å². The van der Waals surface area contributed by atoms with Crippen LogP contribution in [0.4, 0.5) is 0 Å². The van der Waals surface area contributed by atoms with Gasteiger partial charge in [-0.1, -0.05) is 6.58 Å². The fourth-order valence-corrected chi connectivity index (χ4v) is 1.40. The predicted molar refractivity (Wildman–Crippen MR) is 54.2 cm³/mol. The maximum Gasteiger partial charge on any atom is 0.333 e. The number of carbonyl (C=O) groups is 1. The summed E-state index contributed by atoms with van der Waals surface area (Å²) in [6.07, 6.45) is 1.40. The van der Waals surface area contributed by atoms with Gasteiger partial charge in [-0.25, -0.2) is 13.2 Å². The number of hydrogen-bond acceptors (Lipinski definition) is 5. The first kappa shape index (κ1) is 14.1. The van der Waals surface area contributed by atoms with Gasteiger partial charge < -0.3 is 9.29 Å². The van der Waals surface area contributed by atoms with E-state index in [-0.39, 0.29) is 12.4 Å². The summed E-state index contributed by atoms with van der Waals surface area (Å²) >= 11 is 0. The molecule has 0 heterocycles. The van der Waals surface area contributed by atoms with Crippen molar-refractivity contribution in [3.05, 3.63) is 12.2 Å². The number of ether oxygens (including phenoxy) is 1. The van der Waals surface area contributed by atoms with Gasteiger partial charge in [-0.05, 0) is 26.2 Å². The van der Waals surface area contributed by atoms with Gasteiger partial charge in [0.2, 0.25) is 0 Å². The molecule has 6 heteroatoms. The van der Waals surface area contributed by atoms with Gasteiger partial charge in [-0.15, -0.1) is 0 Å². The van der Waals surface area contributed by atoms with Crippen LogP contribution in [-0.4, -0.2) is 31.3 Å². The molecule has 0 atom stereocenters. The molecule has 15 heavy (non-hydrogen) atoms. The van der Waals surface area contributed by atoms with Crippen LogP contribution in [0.15, 0.2) is 12.2 Å². The van der Waals surface area contributed by atoms with Crippen molar-refractivity contribution < 1.29 is 22.5 Å². The molecule has 0 aliphatic rings. The molecule has 0 spiro atoms. The second-order valence-electron chi connectivity index (χ2n) is 3.24. The summed E-state index contributed by atoms with van der Waals surface area (Å²) in [5.41, 5.74) is 0.331. The first-order chi connectivity index (χ1) is 6.83. The molecule has 0 aromatic carbocycles. The predicted octanol–water partition coefficient (Wildman–Crippen LogP) is 0.821. The lowest BCUT2D eigenvalue weighted by Gasteiger charge is -2.06. The number of carbonyl (C=O) groups excluding carboxylic acids is 1. The minimum atomic E-state index is -4.11. The van der Waals surface area contributed by atoms with Crippen molar-refractivity contribution in [3.8, 4) is 0 Å². The van der Waals surface area contributed by atoms with Crippen molar-refractivity contribution in [1.82, 2.24) is 0 Å². The first-order valence-corrected chi connectivity index (χ1v) is 6.17. The van der Waals surface area contributed by atoms with Gasteiger partial charge in [-0.2, -0.15) is 0 Å². The van der Waals surface area contributed by atoms with Gasteiger partial charge in [0.1, 0.15) is 0 Å². The quantitative estimate of drug-likeness (QED) is 0.282. The Kier molecular flexibility index (Phi) is 6.19. The van der Waals surface area contributed by atoms with Crippen LogP contribution < -0.4 is 0 Å². The van der Waals surface area contributed by atoms with Crippen LogP contribution in [0.1, 0.15) is 26.2 Å². The molecule has 0 aliphatic carbocycles. The van der Waals surface area contributed by atoms with E-state index in [0.717, 1.165) is 0 Å². The highest BCUT2D eigenvalue weighted by molar-refractivity contribution is 7.85. The van der Waals surface area contributed by atoms with Crippen molar-refractivity contribution in [1.29, 1.82) is 0 Å². The monoisotopic (exact) mass is 235 g/mol. The largest absolute Gasteiger partial charge is 0.748 e. The molecule has 0 N–H and O–H groups in total. The molecule has 0 aromatic heterocycles. The Balaban J connectivity index is 3.41. The average molecular weight is 235 g/mol. The van der Waals surface area contributed by atoms with E-state index in [2.05, 4.69) is 6.58 Å². The van der Waals surface area contributed by atoms with Crippen LogP contribution >= 0.6 is 0 Å². The van der Waals surface area contributed by atoms with Gasteiger partial charge in [0.25, 0.3) is 0 Å². The van der Waals surface area contributed by atoms with E-state index in [0.29, 0.717) is 24.8 Å². The zero-order chi connectivity index (χ0) is 11.9. The number of rotatable bonds is 7. The van der Waals surface area contributed by atoms with Crippen LogP contribution in [0.5, 0.6) is 0 Å². The maximum absolute atomic E-state index is 10.9. The van der Waals surface area contributed by atoms with Crippen LogP contribution in [0.3, 0.4) is 0 Å². The summed E-state index contributed by atoms with van der Waals surface area (Å²) in [6, 6.07) is 0. The van der Waals surface area contributed by atoms with E-state index >= 15 is 0 Å². The zero-order valence-electron chi connectivity index (χ0n) is 8.69. The Morgan fingerprint density at radius 2 is 1.93 bits per heavy atom. The zero-order valence-corrected chi connectivity index (χ0v) is 9.51. The van der Waals surface area contributed by atoms with Gasteiger partial charge >= 0.3 is 5.97 Å². The first-order valence-electron chi connectivity index (χ1n) is 4.59. The van der Waals surface area contributed by atoms with Gasteiger partial charge in [0.05, 0.1) is 16.7 Å². The van der Waals surface area contributed by atoms with Crippen molar-refractivity contribution in [2.45, 2.75) is 26.2 Å². The highest BCUT2D eigenvalue weighted by Gasteiger charge is 2.02. The molecular weight excluding hydrogens is 220 g/mol. The Labute approximate surface area is 89.9 Å². The normalized spacial score (nSPS) is 11.1. The lowest BCUT2D eigenvalue weighted by molar-refractivity contribution is -0.139. The molecule has 88 valence electrons. The maximum atomic E-state index is 10.9. The highest BCUT2D eigenvalue weighted by atomic mass is 32.2. The summed E-state index contributed by atoms with van der Waals surface area (Å²) in [5.74, 6) is -0.812. The minimum Gasteiger partial charge on any atom is -0.748 e. The van der Waals surface area contributed by atoms with E-state index in [1.807, 2.05) is 0 Å². The summed E-state index contributed by atoms with van der Waals surface area (Å²) < 4.78 is 35.4. The molecule has 0 rings (SSSR count). The SMILES string of the molecule is C=C(C)C(=O)OCCCCCS(=O)(=O)[O-]. The van der Waals surface area contributed by atoms with Gasteiger partial charge in [0.15, 0.2) is 0 Å². The van der Waals surface area contributed by atoms with Crippen molar-refractivity contribution in [3.63, 3.8) is 0 Å². The smallest absolute Gasteiger partial charge is 0.333 e. The summed E-state index contributed by atoms with van der Waals surface area (Å²) in [6.45, 7) is 5.18. The minimum absolute atomic E-state index is 0.227. The molecule has 0 saturated carbocycles. The molecule has 0 bridgehead atoms. The molecule has 5 nitrogen and oxygen atoms in total. The highest BCUT2D eigenvalue weighted by Crippen LogP contribution is 2.00. The summed E-state index contributed by atoms with van der Waals surface area (Å²) in [7, 11) is -4.11. The standard InChI is InChI=1S/C9H16O5S/c1-8(2)9(10)14-6-4-3-5-7-15(11,12)13/h1,3-7H2,2H3,(H,11,12,13)/p-1. The molecule has 0 radical (unpaired) electrons. The molecular formula is C9H15O5S-. The Morgan fingerprint density at radius 3 is 2.40 bits per heavy atom. The molecule has 0 amide bonds. The Bertz CT molecular complexity index is 317. The lowest BCUT2D eigenvalue weighted by atomic mass is 10.3. The second kappa shape index (κ2) is 6.58. The fourth-order valence-electron chi connectivity index (χ4n) is 0.846. The third-order valence-corrected chi connectivity index (χ3v) is 2.41. The Hall–Kier alpha value is -0.880. The molecule has 0 unspecified atom stereocenters. The van der Waals surface area contributed by atoms with Crippen molar-refractivity contribution in [2.24, 2.45) is 0 Å². The van der Waals surface area contributed by atoms with E-state index in [4.69, 9.17) is 4.74 Å². The number of hydrogen-bond donors (Lipinski definition) is 0. The van der Waals surface area contributed by atoms with Gasteiger partial charge in [0, 0.05) is 11.3 Å². The molecule has 0 saturated heterocycles. The second-order valence-corrected chi connectivity index (χ2v) is 4.76. The third-order valence-electron chi connectivity index (χ3n) is 1.62. The number of esters is 1. The van der Waals surface area contributed by atoms with Crippen LogP contribution in [0.25, 0.3) is 0 Å². The van der Waals surface area contributed by atoms with Gasteiger partial charge in [-0.3, -0.25) is 0 Å².